The first-order valence-corrected chi connectivity index (χ1v) is 2.23. The molecule has 0 aromatic heterocycles. The van der Waals surface area contributed by atoms with E-state index in [2.05, 4.69) is 4.74 Å². The summed E-state index contributed by atoms with van der Waals surface area (Å²) in [6, 6.07) is 0. The lowest BCUT2D eigenvalue weighted by molar-refractivity contribution is -0.125. The van der Waals surface area contributed by atoms with E-state index in [1.165, 1.54) is 13.2 Å². The third kappa shape index (κ3) is 0.518. The molecular formula is C5H6O3. The van der Waals surface area contributed by atoms with Crippen LogP contribution in [0, 0.1) is 0 Å². The highest BCUT2D eigenvalue weighted by molar-refractivity contribution is 6.02. The number of aliphatic hydroxyl groups is 1. The molecule has 0 fully saturated rings. The molecule has 1 atom stereocenters. The molecular weight excluding hydrogens is 108 g/mol. The number of aliphatic hydroxyl groups excluding tert-OH is 1. The number of ether oxygens (including phenoxy) is 1. The average molecular weight is 114 g/mol. The van der Waals surface area contributed by atoms with Crippen molar-refractivity contribution in [1.29, 1.82) is 0 Å². The second-order valence-electron chi connectivity index (χ2n) is 1.56. The first-order valence-electron chi connectivity index (χ1n) is 2.23. The molecule has 1 aliphatic rings. The van der Waals surface area contributed by atoms with Crippen molar-refractivity contribution in [3.63, 3.8) is 0 Å². The number of carbonyl (C=O) groups is 1. The van der Waals surface area contributed by atoms with Gasteiger partial charge in [0.05, 0.1) is 7.11 Å². The number of hydrogen-bond acceptors (Lipinski definition) is 3. The fourth-order valence-corrected chi connectivity index (χ4v) is 0.513. The molecule has 0 heterocycles. The first kappa shape index (κ1) is 5.31. The summed E-state index contributed by atoms with van der Waals surface area (Å²) < 4.78 is 4.56. The van der Waals surface area contributed by atoms with Crippen molar-refractivity contribution in [2.75, 3.05) is 7.11 Å². The molecule has 8 heavy (non-hydrogen) atoms. The van der Waals surface area contributed by atoms with Crippen molar-refractivity contribution in [2.24, 2.45) is 0 Å². The monoisotopic (exact) mass is 114 g/mol. The summed E-state index contributed by atoms with van der Waals surface area (Å²) in [5, 5.41) is 8.63. The fourth-order valence-electron chi connectivity index (χ4n) is 0.513. The van der Waals surface area contributed by atoms with E-state index in [4.69, 9.17) is 5.11 Å². The van der Waals surface area contributed by atoms with Gasteiger partial charge in [-0.1, -0.05) is 0 Å². The van der Waals surface area contributed by atoms with Crippen LogP contribution in [0.1, 0.15) is 0 Å². The molecule has 0 saturated heterocycles. The minimum Gasteiger partial charge on any atom is -0.498 e. The van der Waals surface area contributed by atoms with Crippen LogP contribution in [0.4, 0.5) is 0 Å². The maximum absolute atomic E-state index is 10.2. The smallest absolute Gasteiger partial charge is 0.195 e. The van der Waals surface area contributed by atoms with Gasteiger partial charge in [0.25, 0.3) is 0 Å². The minimum atomic E-state index is -0.986. The Morgan fingerprint density at radius 1 is 1.88 bits per heavy atom. The van der Waals surface area contributed by atoms with Gasteiger partial charge in [0, 0.05) is 6.08 Å². The SMILES string of the molecule is COC1=CC(=O)[C@@H]1O. The maximum atomic E-state index is 10.2. The van der Waals surface area contributed by atoms with Crippen LogP contribution in [-0.2, 0) is 9.53 Å². The second-order valence-corrected chi connectivity index (χ2v) is 1.56. The van der Waals surface area contributed by atoms with Gasteiger partial charge in [-0.25, -0.2) is 0 Å². The number of ketones is 1. The van der Waals surface area contributed by atoms with Crippen LogP contribution in [-0.4, -0.2) is 24.1 Å². The van der Waals surface area contributed by atoms with E-state index in [9.17, 15) is 4.79 Å². The van der Waals surface area contributed by atoms with E-state index in [1.54, 1.807) is 0 Å². The molecule has 0 bridgehead atoms. The van der Waals surface area contributed by atoms with Crippen LogP contribution in [0.5, 0.6) is 0 Å². The largest absolute Gasteiger partial charge is 0.498 e. The number of methoxy groups -OCH3 is 1. The molecule has 3 heteroatoms. The highest BCUT2D eigenvalue weighted by Gasteiger charge is 2.28. The zero-order valence-corrected chi connectivity index (χ0v) is 4.42. The van der Waals surface area contributed by atoms with Gasteiger partial charge in [-0.2, -0.15) is 0 Å². The normalized spacial score (nSPS) is 26.5. The summed E-state index contributed by atoms with van der Waals surface area (Å²) >= 11 is 0. The van der Waals surface area contributed by atoms with Crippen LogP contribution in [0.3, 0.4) is 0 Å². The van der Waals surface area contributed by atoms with Gasteiger partial charge < -0.3 is 9.84 Å². The fraction of sp³-hybridized carbons (Fsp3) is 0.400. The molecule has 0 saturated carbocycles. The highest BCUT2D eigenvalue weighted by atomic mass is 16.5. The lowest BCUT2D eigenvalue weighted by atomic mass is 10.0. The number of hydrogen-bond donors (Lipinski definition) is 1. The summed E-state index contributed by atoms with van der Waals surface area (Å²) in [4.78, 5) is 10.2. The molecule has 0 aliphatic heterocycles. The lowest BCUT2D eigenvalue weighted by Gasteiger charge is -2.17. The Morgan fingerprint density at radius 3 is 2.62 bits per heavy atom. The van der Waals surface area contributed by atoms with Crippen LogP contribution in [0.15, 0.2) is 11.8 Å². The second kappa shape index (κ2) is 1.59. The van der Waals surface area contributed by atoms with Crippen molar-refractivity contribution in [2.45, 2.75) is 6.10 Å². The van der Waals surface area contributed by atoms with Gasteiger partial charge in [-0.05, 0) is 0 Å². The summed E-state index contributed by atoms with van der Waals surface area (Å²) in [6.07, 6.45) is 0.282. The van der Waals surface area contributed by atoms with Crippen molar-refractivity contribution in [1.82, 2.24) is 0 Å². The zero-order chi connectivity index (χ0) is 6.15. The average Bonchev–Trinajstić information content (AvgIpc) is 1.81. The van der Waals surface area contributed by atoms with Gasteiger partial charge in [-0.3, -0.25) is 4.79 Å². The van der Waals surface area contributed by atoms with E-state index >= 15 is 0 Å². The number of rotatable bonds is 1. The minimum absolute atomic E-state index is 0.276. The summed E-state index contributed by atoms with van der Waals surface area (Å²) in [7, 11) is 1.42. The third-order valence-corrected chi connectivity index (χ3v) is 1.06. The third-order valence-electron chi connectivity index (χ3n) is 1.06. The Labute approximate surface area is 46.6 Å². The Kier molecular flexibility index (Phi) is 1.06. The molecule has 0 spiro atoms. The zero-order valence-electron chi connectivity index (χ0n) is 4.42. The summed E-state index contributed by atoms with van der Waals surface area (Å²) in [6.45, 7) is 0. The Bertz CT molecular complexity index is 148. The molecule has 1 rings (SSSR count). The highest BCUT2D eigenvalue weighted by Crippen LogP contribution is 2.14. The molecule has 3 nitrogen and oxygen atoms in total. The molecule has 1 N–H and O–H groups in total. The number of carbonyl (C=O) groups excluding carboxylic acids is 1. The first-order chi connectivity index (χ1) is 3.75. The van der Waals surface area contributed by atoms with E-state index in [0.717, 1.165) is 0 Å². The Morgan fingerprint density at radius 2 is 2.50 bits per heavy atom. The predicted molar refractivity (Wildman–Crippen MR) is 26.1 cm³/mol. The van der Waals surface area contributed by atoms with Crippen LogP contribution < -0.4 is 0 Å². The topological polar surface area (TPSA) is 46.5 Å². The Hall–Kier alpha value is -0.830. The van der Waals surface area contributed by atoms with Crippen LogP contribution in [0.2, 0.25) is 0 Å². The maximum Gasteiger partial charge on any atom is 0.195 e. The predicted octanol–water partition coefficient (Wildman–Crippen LogP) is -0.540. The van der Waals surface area contributed by atoms with E-state index in [0.29, 0.717) is 5.76 Å². The van der Waals surface area contributed by atoms with Gasteiger partial charge in [0.2, 0.25) is 0 Å². The van der Waals surface area contributed by atoms with Crippen molar-refractivity contribution in [3.05, 3.63) is 11.8 Å². The van der Waals surface area contributed by atoms with E-state index in [-0.39, 0.29) is 5.78 Å². The van der Waals surface area contributed by atoms with Gasteiger partial charge in [-0.15, -0.1) is 0 Å². The molecule has 44 valence electrons. The van der Waals surface area contributed by atoms with Crippen LogP contribution >= 0.6 is 0 Å². The summed E-state index contributed by atoms with van der Waals surface area (Å²) in [5.41, 5.74) is 0. The van der Waals surface area contributed by atoms with Crippen molar-refractivity contribution < 1.29 is 14.6 Å². The van der Waals surface area contributed by atoms with Gasteiger partial charge in [0.15, 0.2) is 11.9 Å². The molecule has 0 aromatic carbocycles. The van der Waals surface area contributed by atoms with Crippen molar-refractivity contribution >= 4 is 5.78 Å². The summed E-state index contributed by atoms with van der Waals surface area (Å²) in [5.74, 6) is 0.0804. The molecule has 0 aromatic rings. The molecule has 1 aliphatic carbocycles. The molecule has 0 unspecified atom stereocenters. The quantitative estimate of drug-likeness (QED) is 0.498. The standard InChI is InChI=1S/C5H6O3/c1-8-4-2-3(6)5(4)7/h2,5,7H,1H3/t5-/m0/s1. The Balaban J connectivity index is 2.63. The van der Waals surface area contributed by atoms with Crippen LogP contribution in [0.25, 0.3) is 0 Å². The van der Waals surface area contributed by atoms with E-state index in [1.807, 2.05) is 0 Å². The van der Waals surface area contributed by atoms with Gasteiger partial charge >= 0.3 is 0 Å². The van der Waals surface area contributed by atoms with E-state index < -0.39 is 6.10 Å². The molecule has 0 amide bonds. The van der Waals surface area contributed by atoms with Gasteiger partial charge in [0.1, 0.15) is 5.76 Å². The van der Waals surface area contributed by atoms with Crippen molar-refractivity contribution in [3.8, 4) is 0 Å². The lowest BCUT2D eigenvalue weighted by Crippen LogP contribution is -2.31. The molecule has 0 radical (unpaired) electrons.